The van der Waals surface area contributed by atoms with E-state index in [9.17, 15) is 9.00 Å². The standard InChI is InChI=1S/C15H17ClN4O3S/c1-2-23-14-5-3-12(4-6-14)7-17-19-15(21)10-24(22)11-20-9-13(16)8-18-20/h3-9H,2,10-11H2,1H3,(H,19,21)/b17-7-/t24-/m1/s1. The quantitative estimate of drug-likeness (QED) is 0.568. The van der Waals surface area contributed by atoms with E-state index in [4.69, 9.17) is 16.3 Å². The van der Waals surface area contributed by atoms with Crippen LogP contribution in [0.3, 0.4) is 0 Å². The smallest absolute Gasteiger partial charge is 0.252 e. The average molecular weight is 369 g/mol. The number of nitrogens with zero attached hydrogens (tertiary/aromatic N) is 3. The summed E-state index contributed by atoms with van der Waals surface area (Å²) in [6, 6.07) is 7.27. The van der Waals surface area contributed by atoms with Crippen LogP contribution in [0.25, 0.3) is 0 Å². The molecule has 0 spiro atoms. The van der Waals surface area contributed by atoms with Gasteiger partial charge in [-0.2, -0.15) is 10.2 Å². The summed E-state index contributed by atoms with van der Waals surface area (Å²) in [5.74, 6) is 0.266. The molecule has 9 heteroatoms. The SMILES string of the molecule is CCOc1ccc(/C=N\NC(=O)C[S@@](=O)Cn2cc(Cl)cn2)cc1. The number of hydrogen-bond donors (Lipinski definition) is 1. The van der Waals surface area contributed by atoms with Gasteiger partial charge >= 0.3 is 0 Å². The van der Waals surface area contributed by atoms with E-state index in [1.165, 1.54) is 17.1 Å². The molecule has 1 heterocycles. The Bertz CT molecular complexity index is 731. The minimum absolute atomic E-state index is 0.0999. The fourth-order valence-corrected chi connectivity index (χ4v) is 2.82. The van der Waals surface area contributed by atoms with Gasteiger partial charge in [0.1, 0.15) is 17.4 Å². The van der Waals surface area contributed by atoms with Crippen LogP contribution in [0.1, 0.15) is 12.5 Å². The number of benzene rings is 1. The van der Waals surface area contributed by atoms with Crippen LogP contribution in [0.4, 0.5) is 0 Å². The third kappa shape index (κ3) is 6.13. The highest BCUT2D eigenvalue weighted by Gasteiger charge is 2.08. The predicted molar refractivity (Wildman–Crippen MR) is 93.6 cm³/mol. The molecule has 0 aliphatic heterocycles. The Morgan fingerprint density at radius 2 is 2.21 bits per heavy atom. The third-order valence-corrected chi connectivity index (χ3v) is 4.10. The van der Waals surface area contributed by atoms with Crippen LogP contribution >= 0.6 is 11.6 Å². The molecule has 1 N–H and O–H groups in total. The number of hydrazone groups is 1. The summed E-state index contributed by atoms with van der Waals surface area (Å²) < 4.78 is 18.6. The summed E-state index contributed by atoms with van der Waals surface area (Å²) in [6.45, 7) is 2.52. The minimum Gasteiger partial charge on any atom is -0.494 e. The van der Waals surface area contributed by atoms with Crippen LogP contribution in [-0.2, 0) is 21.5 Å². The van der Waals surface area contributed by atoms with E-state index in [0.29, 0.717) is 11.6 Å². The van der Waals surface area contributed by atoms with Gasteiger partial charge in [-0.1, -0.05) is 11.6 Å². The highest BCUT2D eigenvalue weighted by atomic mass is 35.5. The fraction of sp³-hybridized carbons (Fsp3) is 0.267. The number of carbonyl (C=O) groups is 1. The van der Waals surface area contributed by atoms with E-state index in [1.54, 1.807) is 6.20 Å². The van der Waals surface area contributed by atoms with Crippen molar-refractivity contribution >= 4 is 34.5 Å². The molecule has 24 heavy (non-hydrogen) atoms. The molecule has 0 bridgehead atoms. The fourth-order valence-electron chi connectivity index (χ4n) is 1.78. The van der Waals surface area contributed by atoms with E-state index < -0.39 is 16.7 Å². The molecule has 1 aromatic heterocycles. The van der Waals surface area contributed by atoms with Crippen LogP contribution < -0.4 is 10.2 Å². The first-order chi connectivity index (χ1) is 11.6. The zero-order chi connectivity index (χ0) is 17.4. The Morgan fingerprint density at radius 1 is 1.46 bits per heavy atom. The largest absolute Gasteiger partial charge is 0.494 e. The first-order valence-corrected chi connectivity index (χ1v) is 9.01. The number of carbonyl (C=O) groups excluding carboxylic acids is 1. The van der Waals surface area contributed by atoms with Crippen molar-refractivity contribution < 1.29 is 13.7 Å². The molecule has 0 radical (unpaired) electrons. The Kier molecular flexibility index (Phi) is 6.95. The van der Waals surface area contributed by atoms with Gasteiger partial charge in [-0.25, -0.2) is 5.43 Å². The van der Waals surface area contributed by atoms with Gasteiger partial charge in [0.05, 0.1) is 34.8 Å². The van der Waals surface area contributed by atoms with Gasteiger partial charge < -0.3 is 4.74 Å². The second-order valence-corrected chi connectivity index (χ2v) is 6.57. The lowest BCUT2D eigenvalue weighted by atomic mass is 10.2. The van der Waals surface area contributed by atoms with Crippen molar-refractivity contribution in [1.82, 2.24) is 15.2 Å². The van der Waals surface area contributed by atoms with Gasteiger partial charge in [0.2, 0.25) is 0 Å². The van der Waals surface area contributed by atoms with Crippen molar-refractivity contribution in [2.45, 2.75) is 12.8 Å². The van der Waals surface area contributed by atoms with Crippen LogP contribution in [0, 0.1) is 0 Å². The van der Waals surface area contributed by atoms with Gasteiger partial charge in [-0.3, -0.25) is 13.7 Å². The third-order valence-electron chi connectivity index (χ3n) is 2.76. The maximum Gasteiger partial charge on any atom is 0.252 e. The number of nitrogens with one attached hydrogen (secondary N) is 1. The summed E-state index contributed by atoms with van der Waals surface area (Å²) in [6.07, 6.45) is 4.49. The molecule has 0 saturated carbocycles. The molecular weight excluding hydrogens is 352 g/mol. The molecule has 2 rings (SSSR count). The van der Waals surface area contributed by atoms with Crippen LogP contribution in [0.15, 0.2) is 41.8 Å². The van der Waals surface area contributed by atoms with Gasteiger partial charge in [-0.05, 0) is 36.8 Å². The molecule has 2 aromatic rings. The molecule has 0 saturated heterocycles. The summed E-state index contributed by atoms with van der Waals surface area (Å²) in [4.78, 5) is 11.7. The number of amides is 1. The second kappa shape index (κ2) is 9.19. The van der Waals surface area contributed by atoms with Crippen molar-refractivity contribution in [3.63, 3.8) is 0 Å². The Balaban J connectivity index is 1.76. The lowest BCUT2D eigenvalue weighted by Gasteiger charge is -2.03. The highest BCUT2D eigenvalue weighted by Crippen LogP contribution is 2.10. The van der Waals surface area contributed by atoms with Crippen molar-refractivity contribution in [3.8, 4) is 5.75 Å². The van der Waals surface area contributed by atoms with Gasteiger partial charge in [0.15, 0.2) is 0 Å². The Labute approximate surface area is 147 Å². The summed E-state index contributed by atoms with van der Waals surface area (Å²) in [5, 5.41) is 8.20. The topological polar surface area (TPSA) is 85.6 Å². The van der Waals surface area contributed by atoms with Crippen LogP contribution in [-0.4, -0.2) is 38.5 Å². The number of ether oxygens (including phenoxy) is 1. The summed E-state index contributed by atoms with van der Waals surface area (Å²) >= 11 is 5.72. The van der Waals surface area contributed by atoms with E-state index in [1.807, 2.05) is 31.2 Å². The molecule has 1 aromatic carbocycles. The van der Waals surface area contributed by atoms with Crippen molar-refractivity contribution in [2.75, 3.05) is 12.4 Å². The van der Waals surface area contributed by atoms with Gasteiger partial charge in [0, 0.05) is 6.20 Å². The van der Waals surface area contributed by atoms with Gasteiger partial charge in [0.25, 0.3) is 5.91 Å². The molecule has 0 unspecified atom stereocenters. The van der Waals surface area contributed by atoms with Crippen molar-refractivity contribution in [2.24, 2.45) is 5.10 Å². The predicted octanol–water partition coefficient (Wildman–Crippen LogP) is 1.79. The zero-order valence-corrected chi connectivity index (χ0v) is 14.6. The summed E-state index contributed by atoms with van der Waals surface area (Å²) in [7, 11) is -1.40. The van der Waals surface area contributed by atoms with Crippen molar-refractivity contribution in [3.05, 3.63) is 47.2 Å². The second-order valence-electron chi connectivity index (χ2n) is 4.71. The molecule has 0 aliphatic carbocycles. The first kappa shape index (κ1) is 18.2. The number of rotatable bonds is 8. The Morgan fingerprint density at radius 3 is 2.83 bits per heavy atom. The molecule has 1 amide bonds. The highest BCUT2D eigenvalue weighted by molar-refractivity contribution is 7.84. The van der Waals surface area contributed by atoms with Gasteiger partial charge in [-0.15, -0.1) is 0 Å². The normalized spacial score (nSPS) is 12.2. The Hall–Kier alpha value is -2.19. The number of halogens is 1. The number of hydrogen-bond acceptors (Lipinski definition) is 5. The number of aromatic nitrogens is 2. The van der Waals surface area contributed by atoms with E-state index in [-0.39, 0.29) is 11.6 Å². The van der Waals surface area contributed by atoms with E-state index >= 15 is 0 Å². The lowest BCUT2D eigenvalue weighted by molar-refractivity contribution is -0.118. The molecule has 1 atom stereocenters. The molecular formula is C15H17ClN4O3S. The molecule has 128 valence electrons. The molecule has 7 nitrogen and oxygen atoms in total. The zero-order valence-electron chi connectivity index (χ0n) is 13.0. The van der Waals surface area contributed by atoms with Crippen LogP contribution in [0.5, 0.6) is 5.75 Å². The first-order valence-electron chi connectivity index (χ1n) is 7.14. The van der Waals surface area contributed by atoms with E-state index in [2.05, 4.69) is 15.6 Å². The average Bonchev–Trinajstić information content (AvgIpc) is 2.94. The van der Waals surface area contributed by atoms with E-state index in [0.717, 1.165) is 11.3 Å². The minimum atomic E-state index is -1.40. The maximum absolute atomic E-state index is 11.8. The van der Waals surface area contributed by atoms with Crippen molar-refractivity contribution in [1.29, 1.82) is 0 Å². The van der Waals surface area contributed by atoms with Crippen LogP contribution in [0.2, 0.25) is 5.02 Å². The molecule has 0 fully saturated rings. The lowest BCUT2D eigenvalue weighted by Crippen LogP contribution is -2.25. The summed E-state index contributed by atoms with van der Waals surface area (Å²) in [5.41, 5.74) is 3.15. The maximum atomic E-state index is 11.8. The molecule has 0 aliphatic rings. The monoisotopic (exact) mass is 368 g/mol.